The highest BCUT2D eigenvalue weighted by atomic mass is 16.5. The first-order chi connectivity index (χ1) is 10.2. The van der Waals surface area contributed by atoms with Crippen LogP contribution in [0, 0.1) is 0 Å². The molecule has 1 heterocycles. The molecule has 0 fully saturated rings. The maximum atomic E-state index is 5.33. The van der Waals surface area contributed by atoms with Crippen LogP contribution >= 0.6 is 0 Å². The van der Waals surface area contributed by atoms with Gasteiger partial charge in [0.25, 0.3) is 0 Å². The average Bonchev–Trinajstić information content (AvgIpc) is 2.99. The molecule has 1 aliphatic rings. The van der Waals surface area contributed by atoms with Crippen LogP contribution in [0.1, 0.15) is 24.5 Å². The van der Waals surface area contributed by atoms with E-state index in [1.807, 2.05) is 23.1 Å². The summed E-state index contributed by atoms with van der Waals surface area (Å²) in [6.45, 7) is 3.14. The topological polar surface area (TPSA) is 39.1 Å². The fourth-order valence-electron chi connectivity index (χ4n) is 3.15. The summed E-state index contributed by atoms with van der Waals surface area (Å²) in [5, 5.41) is 8.00. The normalized spacial score (nSPS) is 19.0. The number of methoxy groups -OCH3 is 1. The van der Waals surface area contributed by atoms with E-state index < -0.39 is 0 Å². The number of benzene rings is 1. The molecule has 1 aromatic heterocycles. The van der Waals surface area contributed by atoms with Gasteiger partial charge in [-0.15, -0.1) is 0 Å². The maximum absolute atomic E-state index is 5.33. The summed E-state index contributed by atoms with van der Waals surface area (Å²) in [6, 6.07) is 9.37. The van der Waals surface area contributed by atoms with Crippen molar-refractivity contribution in [1.29, 1.82) is 0 Å². The van der Waals surface area contributed by atoms with Gasteiger partial charge >= 0.3 is 0 Å². The van der Waals surface area contributed by atoms with Gasteiger partial charge < -0.3 is 10.1 Å². The zero-order chi connectivity index (χ0) is 14.7. The molecule has 112 valence electrons. The van der Waals surface area contributed by atoms with Crippen LogP contribution in [0.3, 0.4) is 0 Å². The van der Waals surface area contributed by atoms with Crippen LogP contribution in [0.4, 0.5) is 0 Å². The molecule has 0 spiro atoms. The molecular weight excluding hydrogens is 262 g/mol. The summed E-state index contributed by atoms with van der Waals surface area (Å²) in [5.74, 6) is 0.957. The van der Waals surface area contributed by atoms with E-state index in [9.17, 15) is 0 Å². The van der Waals surface area contributed by atoms with E-state index >= 15 is 0 Å². The second-order valence-electron chi connectivity index (χ2n) is 5.87. The first kappa shape index (κ1) is 14.1. The van der Waals surface area contributed by atoms with Crippen molar-refractivity contribution in [2.75, 3.05) is 7.11 Å². The number of aromatic nitrogens is 2. The van der Waals surface area contributed by atoms with Crippen LogP contribution in [0.5, 0.6) is 5.75 Å². The lowest BCUT2D eigenvalue weighted by Crippen LogP contribution is -2.42. The van der Waals surface area contributed by atoms with Crippen LogP contribution in [0.2, 0.25) is 0 Å². The monoisotopic (exact) mass is 285 g/mol. The highest BCUT2D eigenvalue weighted by molar-refractivity contribution is 5.37. The Bertz CT molecular complexity index is 580. The van der Waals surface area contributed by atoms with Crippen molar-refractivity contribution < 1.29 is 4.74 Å². The van der Waals surface area contributed by atoms with Gasteiger partial charge in [-0.1, -0.05) is 6.07 Å². The van der Waals surface area contributed by atoms with Crippen LogP contribution in [0.15, 0.2) is 36.7 Å². The van der Waals surface area contributed by atoms with Gasteiger partial charge in [-0.3, -0.25) is 4.68 Å². The average molecular weight is 285 g/mol. The number of hydrogen-bond donors (Lipinski definition) is 1. The molecule has 1 aromatic carbocycles. The minimum atomic E-state index is 0.419. The number of ether oxygens (including phenoxy) is 1. The molecule has 0 radical (unpaired) electrons. The zero-order valence-electron chi connectivity index (χ0n) is 12.7. The van der Waals surface area contributed by atoms with Gasteiger partial charge in [-0.2, -0.15) is 5.10 Å². The third-order valence-corrected chi connectivity index (χ3v) is 4.18. The van der Waals surface area contributed by atoms with Crippen molar-refractivity contribution in [3.63, 3.8) is 0 Å². The van der Waals surface area contributed by atoms with Crippen molar-refractivity contribution >= 4 is 0 Å². The fraction of sp³-hybridized carbons (Fsp3) is 0.471. The third-order valence-electron chi connectivity index (χ3n) is 4.18. The van der Waals surface area contributed by atoms with Gasteiger partial charge in [0.2, 0.25) is 0 Å². The third kappa shape index (κ3) is 3.45. The lowest BCUT2D eigenvalue weighted by Gasteiger charge is -2.28. The summed E-state index contributed by atoms with van der Waals surface area (Å²) >= 11 is 0. The van der Waals surface area contributed by atoms with E-state index in [2.05, 4.69) is 35.5 Å². The Labute approximate surface area is 126 Å². The summed E-state index contributed by atoms with van der Waals surface area (Å²) < 4.78 is 7.32. The van der Waals surface area contributed by atoms with Gasteiger partial charge in [0.05, 0.1) is 13.7 Å². The predicted octanol–water partition coefficient (Wildman–Crippen LogP) is 2.43. The van der Waals surface area contributed by atoms with Crippen molar-refractivity contribution in [3.05, 3.63) is 47.8 Å². The van der Waals surface area contributed by atoms with E-state index in [1.165, 1.54) is 17.5 Å². The van der Waals surface area contributed by atoms with Crippen molar-refractivity contribution in [2.45, 2.75) is 44.8 Å². The van der Waals surface area contributed by atoms with Crippen molar-refractivity contribution in [3.8, 4) is 5.75 Å². The lowest BCUT2D eigenvalue weighted by atomic mass is 9.88. The quantitative estimate of drug-likeness (QED) is 0.917. The van der Waals surface area contributed by atoms with E-state index in [0.717, 1.165) is 25.1 Å². The molecule has 4 nitrogen and oxygen atoms in total. The Morgan fingerprint density at radius 1 is 1.43 bits per heavy atom. The molecule has 1 N–H and O–H groups in total. The molecule has 0 amide bonds. The number of nitrogens with zero attached hydrogens (tertiary/aromatic N) is 2. The standard InChI is InChI=1S/C17H23N3O/c1-13(12-20-9-3-8-18-20)19-16-6-4-14-5-7-17(21-2)11-15(14)10-16/h3,5,7-9,11,13,16,19H,4,6,10,12H2,1-2H3. The number of rotatable bonds is 5. The van der Waals surface area contributed by atoms with E-state index in [0.29, 0.717) is 12.1 Å². The first-order valence-electron chi connectivity index (χ1n) is 7.64. The van der Waals surface area contributed by atoms with Crippen LogP contribution in [-0.4, -0.2) is 29.0 Å². The van der Waals surface area contributed by atoms with Gasteiger partial charge in [-0.05, 0) is 55.5 Å². The first-order valence-corrected chi connectivity index (χ1v) is 7.64. The van der Waals surface area contributed by atoms with Gasteiger partial charge in [-0.25, -0.2) is 0 Å². The van der Waals surface area contributed by atoms with Crippen LogP contribution in [-0.2, 0) is 19.4 Å². The Hall–Kier alpha value is -1.81. The highest BCUT2D eigenvalue weighted by Gasteiger charge is 2.20. The van der Waals surface area contributed by atoms with E-state index in [1.54, 1.807) is 7.11 Å². The van der Waals surface area contributed by atoms with Crippen molar-refractivity contribution in [2.24, 2.45) is 0 Å². The predicted molar refractivity (Wildman–Crippen MR) is 83.6 cm³/mol. The summed E-state index contributed by atoms with van der Waals surface area (Å²) in [7, 11) is 1.73. The summed E-state index contributed by atoms with van der Waals surface area (Å²) in [5.41, 5.74) is 2.89. The number of aryl methyl sites for hydroxylation is 1. The molecule has 0 saturated carbocycles. The fourth-order valence-corrected chi connectivity index (χ4v) is 3.15. The summed E-state index contributed by atoms with van der Waals surface area (Å²) in [4.78, 5) is 0. The number of nitrogens with one attached hydrogen (secondary N) is 1. The Balaban J connectivity index is 1.60. The molecule has 0 bridgehead atoms. The van der Waals surface area contributed by atoms with Gasteiger partial charge in [0, 0.05) is 24.5 Å². The Kier molecular flexibility index (Phi) is 4.25. The molecule has 0 aliphatic heterocycles. The molecular formula is C17H23N3O. The van der Waals surface area contributed by atoms with Crippen LogP contribution < -0.4 is 10.1 Å². The number of fused-ring (bicyclic) bond motifs is 1. The second-order valence-corrected chi connectivity index (χ2v) is 5.87. The molecule has 2 atom stereocenters. The molecule has 4 heteroatoms. The van der Waals surface area contributed by atoms with Gasteiger partial charge in [0.1, 0.15) is 5.75 Å². The summed E-state index contributed by atoms with van der Waals surface area (Å²) in [6.07, 6.45) is 7.26. The molecule has 1 aliphatic carbocycles. The Morgan fingerprint density at radius 3 is 3.10 bits per heavy atom. The second kappa shape index (κ2) is 6.31. The maximum Gasteiger partial charge on any atom is 0.119 e. The van der Waals surface area contributed by atoms with Crippen LogP contribution in [0.25, 0.3) is 0 Å². The number of hydrogen-bond acceptors (Lipinski definition) is 3. The van der Waals surface area contributed by atoms with E-state index in [4.69, 9.17) is 4.74 Å². The molecule has 3 rings (SSSR count). The molecule has 2 aromatic rings. The lowest BCUT2D eigenvalue weighted by molar-refractivity contribution is 0.367. The minimum absolute atomic E-state index is 0.419. The highest BCUT2D eigenvalue weighted by Crippen LogP contribution is 2.25. The Morgan fingerprint density at radius 2 is 2.33 bits per heavy atom. The SMILES string of the molecule is COc1ccc2c(c1)CC(NC(C)Cn1cccn1)CC2. The zero-order valence-corrected chi connectivity index (χ0v) is 12.7. The molecule has 2 unspecified atom stereocenters. The van der Waals surface area contributed by atoms with Crippen molar-refractivity contribution in [1.82, 2.24) is 15.1 Å². The molecule has 21 heavy (non-hydrogen) atoms. The minimum Gasteiger partial charge on any atom is -0.497 e. The van der Waals surface area contributed by atoms with Gasteiger partial charge in [0.15, 0.2) is 0 Å². The smallest absolute Gasteiger partial charge is 0.119 e. The molecule has 0 saturated heterocycles. The van der Waals surface area contributed by atoms with E-state index in [-0.39, 0.29) is 0 Å². The largest absolute Gasteiger partial charge is 0.497 e.